The van der Waals surface area contributed by atoms with Crippen molar-refractivity contribution in [3.8, 4) is 27.9 Å². The molecule has 0 fully saturated rings. The minimum Gasteiger partial charge on any atom is -0.311 e. The van der Waals surface area contributed by atoms with Crippen molar-refractivity contribution >= 4 is 81.1 Å². The zero-order valence-corrected chi connectivity index (χ0v) is 30.7. The van der Waals surface area contributed by atoms with Crippen LogP contribution in [0.3, 0.4) is 0 Å². The number of benzene rings is 9. The fourth-order valence-corrected chi connectivity index (χ4v) is 9.59. The molecule has 2 heterocycles. The van der Waals surface area contributed by atoms with Crippen molar-refractivity contribution in [3.05, 3.63) is 206 Å². The Bertz CT molecular complexity index is 3170. The second kappa shape index (κ2) is 12.9. The Labute approximate surface area is 323 Å². The molecule has 2 aromatic heterocycles. The summed E-state index contributed by atoms with van der Waals surface area (Å²) in [5.74, 6) is 0. The molecule has 3 heteroatoms. The molecule has 11 aromatic rings. The number of aromatic nitrogens is 1. The molecule has 0 unspecified atom stereocenters. The van der Waals surface area contributed by atoms with Gasteiger partial charge in [-0.15, -0.1) is 11.3 Å². The number of hydrogen-bond donors (Lipinski definition) is 0. The maximum atomic E-state index is 2.41. The lowest BCUT2D eigenvalue weighted by Gasteiger charge is -2.26. The molecule has 0 bridgehead atoms. The molecule has 0 saturated carbocycles. The first-order valence-corrected chi connectivity index (χ1v) is 19.6. The normalized spacial score (nSPS) is 11.6. The third kappa shape index (κ3) is 5.24. The monoisotopic (exact) mass is 718 g/mol. The molecule has 0 aliphatic carbocycles. The molecule has 258 valence electrons. The summed E-state index contributed by atoms with van der Waals surface area (Å²) in [4.78, 5) is 2.36. The summed E-state index contributed by atoms with van der Waals surface area (Å²) in [7, 11) is 0. The number of anilines is 3. The molecule has 55 heavy (non-hydrogen) atoms. The molecule has 0 spiro atoms. The van der Waals surface area contributed by atoms with Gasteiger partial charge in [-0.1, -0.05) is 133 Å². The van der Waals surface area contributed by atoms with Gasteiger partial charge in [0, 0.05) is 53.7 Å². The third-order valence-corrected chi connectivity index (χ3v) is 12.1. The Balaban J connectivity index is 1.03. The largest absolute Gasteiger partial charge is 0.311 e. The smallest absolute Gasteiger partial charge is 0.0547 e. The standard InChI is InChI=1S/C52H34N2S/c1-2-11-35(12-3-1)36-21-26-39(27-22-36)53(40-28-23-38(24-29-40)44-17-10-20-50-52(44)46-16-7-9-19-49(46)55-50)41-30-32-42(33-31-41)54-47-18-8-6-15-45(47)51-43-14-5-4-13-37(43)25-34-48(51)54/h1-34H. The number of rotatable bonds is 6. The Morgan fingerprint density at radius 2 is 0.927 bits per heavy atom. The average molecular weight is 719 g/mol. The van der Waals surface area contributed by atoms with Gasteiger partial charge in [0.05, 0.1) is 11.0 Å². The molecular weight excluding hydrogens is 685 g/mol. The zero-order valence-electron chi connectivity index (χ0n) is 29.9. The predicted octanol–water partition coefficient (Wildman–Crippen LogP) is 15.1. The highest BCUT2D eigenvalue weighted by Gasteiger charge is 2.18. The van der Waals surface area contributed by atoms with Gasteiger partial charge in [-0.25, -0.2) is 0 Å². The minimum atomic E-state index is 1.10. The lowest BCUT2D eigenvalue weighted by Crippen LogP contribution is -2.10. The predicted molar refractivity (Wildman–Crippen MR) is 237 cm³/mol. The van der Waals surface area contributed by atoms with Crippen LogP contribution < -0.4 is 4.90 Å². The Morgan fingerprint density at radius 3 is 1.69 bits per heavy atom. The van der Waals surface area contributed by atoms with Gasteiger partial charge in [0.2, 0.25) is 0 Å². The van der Waals surface area contributed by atoms with Crippen LogP contribution in [0.4, 0.5) is 17.1 Å². The van der Waals surface area contributed by atoms with E-state index in [-0.39, 0.29) is 0 Å². The van der Waals surface area contributed by atoms with Gasteiger partial charge in [0.15, 0.2) is 0 Å². The third-order valence-electron chi connectivity index (χ3n) is 11.0. The summed E-state index contributed by atoms with van der Waals surface area (Å²) < 4.78 is 5.05. The van der Waals surface area contributed by atoms with E-state index in [1.165, 1.54) is 75.0 Å². The molecule has 9 aromatic carbocycles. The van der Waals surface area contributed by atoms with Crippen molar-refractivity contribution in [1.29, 1.82) is 0 Å². The Morgan fingerprint density at radius 1 is 0.345 bits per heavy atom. The molecule has 0 atom stereocenters. The zero-order chi connectivity index (χ0) is 36.3. The molecule has 0 aliphatic heterocycles. The second-order valence-corrected chi connectivity index (χ2v) is 15.2. The van der Waals surface area contributed by atoms with Crippen molar-refractivity contribution in [2.45, 2.75) is 0 Å². The minimum absolute atomic E-state index is 1.10. The topological polar surface area (TPSA) is 8.17 Å². The van der Waals surface area contributed by atoms with E-state index in [1.54, 1.807) is 0 Å². The summed E-state index contributed by atoms with van der Waals surface area (Å²) in [5, 5.41) is 7.75. The first-order chi connectivity index (χ1) is 27.3. The fourth-order valence-electron chi connectivity index (χ4n) is 8.45. The number of nitrogens with zero attached hydrogens (tertiary/aromatic N) is 2. The van der Waals surface area contributed by atoms with E-state index in [0.717, 1.165) is 22.7 Å². The van der Waals surface area contributed by atoms with Crippen LogP contribution in [0.25, 0.3) is 80.7 Å². The molecule has 0 amide bonds. The summed E-state index contributed by atoms with van der Waals surface area (Å²) in [6, 6.07) is 75.0. The van der Waals surface area contributed by atoms with Gasteiger partial charge in [-0.05, 0) is 106 Å². The Kier molecular flexibility index (Phi) is 7.39. The number of hydrogen-bond acceptors (Lipinski definition) is 2. The quantitative estimate of drug-likeness (QED) is 0.166. The van der Waals surface area contributed by atoms with Crippen LogP contribution in [0.5, 0.6) is 0 Å². The molecule has 0 radical (unpaired) electrons. The molecule has 2 nitrogen and oxygen atoms in total. The molecule has 0 saturated heterocycles. The van der Waals surface area contributed by atoms with Crippen LogP contribution in [0.2, 0.25) is 0 Å². The van der Waals surface area contributed by atoms with Crippen molar-refractivity contribution in [1.82, 2.24) is 4.57 Å². The lowest BCUT2D eigenvalue weighted by molar-refractivity contribution is 1.17. The van der Waals surface area contributed by atoms with Crippen molar-refractivity contribution in [2.24, 2.45) is 0 Å². The van der Waals surface area contributed by atoms with Crippen molar-refractivity contribution in [3.63, 3.8) is 0 Å². The van der Waals surface area contributed by atoms with Crippen LogP contribution in [-0.2, 0) is 0 Å². The van der Waals surface area contributed by atoms with Gasteiger partial charge in [-0.2, -0.15) is 0 Å². The highest BCUT2D eigenvalue weighted by Crippen LogP contribution is 2.43. The molecule has 0 N–H and O–H groups in total. The average Bonchev–Trinajstić information content (AvgIpc) is 3.81. The van der Waals surface area contributed by atoms with E-state index < -0.39 is 0 Å². The van der Waals surface area contributed by atoms with Gasteiger partial charge in [0.25, 0.3) is 0 Å². The van der Waals surface area contributed by atoms with Gasteiger partial charge in [-0.3, -0.25) is 0 Å². The summed E-state index contributed by atoms with van der Waals surface area (Å²) in [6.45, 7) is 0. The van der Waals surface area contributed by atoms with E-state index in [4.69, 9.17) is 0 Å². The number of thiophene rings is 1. The Hall–Kier alpha value is -6.94. The molecular formula is C52H34N2S. The highest BCUT2D eigenvalue weighted by molar-refractivity contribution is 7.25. The SMILES string of the molecule is c1ccc(-c2ccc(N(c3ccc(-c4cccc5sc6ccccc6c45)cc3)c3ccc(-n4c5ccccc5c5c6ccccc6ccc54)cc3)cc2)cc1. The van der Waals surface area contributed by atoms with E-state index in [1.807, 2.05) is 11.3 Å². The van der Waals surface area contributed by atoms with Crippen LogP contribution in [-0.4, -0.2) is 4.57 Å². The number of fused-ring (bicyclic) bond motifs is 8. The van der Waals surface area contributed by atoms with E-state index in [0.29, 0.717) is 0 Å². The molecule has 11 rings (SSSR count). The van der Waals surface area contributed by atoms with Crippen molar-refractivity contribution < 1.29 is 0 Å². The van der Waals surface area contributed by atoms with Gasteiger partial charge >= 0.3 is 0 Å². The van der Waals surface area contributed by atoms with E-state index >= 15 is 0 Å². The first-order valence-electron chi connectivity index (χ1n) is 18.8. The highest BCUT2D eigenvalue weighted by atomic mass is 32.1. The van der Waals surface area contributed by atoms with E-state index in [9.17, 15) is 0 Å². The van der Waals surface area contributed by atoms with Gasteiger partial charge < -0.3 is 9.47 Å². The van der Waals surface area contributed by atoms with Gasteiger partial charge in [0.1, 0.15) is 0 Å². The molecule has 0 aliphatic rings. The van der Waals surface area contributed by atoms with E-state index in [2.05, 4.69) is 216 Å². The maximum Gasteiger partial charge on any atom is 0.0547 e. The van der Waals surface area contributed by atoms with Crippen molar-refractivity contribution in [2.75, 3.05) is 4.90 Å². The fraction of sp³-hybridized carbons (Fsp3) is 0. The number of para-hydroxylation sites is 1. The summed E-state index contributed by atoms with van der Waals surface area (Å²) in [6.07, 6.45) is 0. The van der Waals surface area contributed by atoms with Crippen LogP contribution in [0.15, 0.2) is 206 Å². The van der Waals surface area contributed by atoms with Crippen LogP contribution in [0.1, 0.15) is 0 Å². The first kappa shape index (κ1) is 31.6. The summed E-state index contributed by atoms with van der Waals surface area (Å²) >= 11 is 1.86. The maximum absolute atomic E-state index is 2.41. The summed E-state index contributed by atoms with van der Waals surface area (Å²) in [5.41, 5.74) is 11.8. The second-order valence-electron chi connectivity index (χ2n) is 14.1. The van der Waals surface area contributed by atoms with Crippen LogP contribution >= 0.6 is 11.3 Å². The lowest BCUT2D eigenvalue weighted by atomic mass is 9.99. The van der Waals surface area contributed by atoms with Crippen LogP contribution in [0, 0.1) is 0 Å².